The van der Waals surface area contributed by atoms with Gasteiger partial charge in [-0.05, 0) is 23.8 Å². The lowest BCUT2D eigenvalue weighted by Crippen LogP contribution is -2.12. The Bertz CT molecular complexity index is 482. The summed E-state index contributed by atoms with van der Waals surface area (Å²) in [7, 11) is 3.19. The van der Waals surface area contributed by atoms with Crippen molar-refractivity contribution in [1.82, 2.24) is 0 Å². The normalized spacial score (nSPS) is 11.8. The van der Waals surface area contributed by atoms with Crippen LogP contribution in [0, 0.1) is 10.1 Å². The molecular formula is C11H11F3N2O2. The average Bonchev–Trinajstić information content (AvgIpc) is 2.24. The number of hydrogen-bond acceptors (Lipinski definition) is 3. The molecule has 0 unspecified atom stereocenters. The molecule has 0 radical (unpaired) electrons. The molecule has 4 nitrogen and oxygen atoms in total. The molecule has 1 rings (SSSR count). The van der Waals surface area contributed by atoms with E-state index in [0.717, 1.165) is 18.2 Å². The van der Waals surface area contributed by atoms with E-state index in [4.69, 9.17) is 0 Å². The van der Waals surface area contributed by atoms with Crippen molar-refractivity contribution < 1.29 is 18.1 Å². The number of nitro groups is 1. The molecule has 0 bridgehead atoms. The highest BCUT2D eigenvalue weighted by molar-refractivity contribution is 5.59. The summed E-state index contributed by atoms with van der Waals surface area (Å²) in [6, 6.07) is 3.30. The molecule has 0 aliphatic heterocycles. The van der Waals surface area contributed by atoms with Crippen molar-refractivity contribution in [3.8, 4) is 0 Å². The van der Waals surface area contributed by atoms with Crippen LogP contribution in [0.5, 0.6) is 0 Å². The Morgan fingerprint density at radius 2 is 1.89 bits per heavy atom. The minimum atomic E-state index is -4.48. The predicted octanol–water partition coefficient (Wildman–Crippen LogP) is 3.02. The quantitative estimate of drug-likeness (QED) is 0.620. The third kappa shape index (κ3) is 3.76. The lowest BCUT2D eigenvalue weighted by atomic mass is 10.1. The Morgan fingerprint density at radius 3 is 2.33 bits per heavy atom. The summed E-state index contributed by atoms with van der Waals surface area (Å²) >= 11 is 0. The van der Waals surface area contributed by atoms with E-state index in [2.05, 4.69) is 0 Å². The van der Waals surface area contributed by atoms with Gasteiger partial charge >= 0.3 is 6.18 Å². The lowest BCUT2D eigenvalue weighted by Gasteiger charge is -2.16. The summed E-state index contributed by atoms with van der Waals surface area (Å²) in [5.41, 5.74) is -0.380. The summed E-state index contributed by atoms with van der Waals surface area (Å²) in [5, 5.41) is 10.2. The van der Waals surface area contributed by atoms with Crippen LogP contribution in [-0.2, 0) is 6.18 Å². The van der Waals surface area contributed by atoms with Gasteiger partial charge in [-0.1, -0.05) is 0 Å². The molecule has 0 fully saturated rings. The summed E-state index contributed by atoms with van der Waals surface area (Å²) in [5.74, 6) is 0. The Hall–Kier alpha value is -2.05. The standard InChI is InChI=1S/C11H11F3N2O2/c1-15(2)10-6-8(3-4-16(17)18)5-9(7-10)11(12,13)14/h3-7H,1-2H3. The molecule has 18 heavy (non-hydrogen) atoms. The van der Waals surface area contributed by atoms with Crippen molar-refractivity contribution in [3.63, 3.8) is 0 Å². The van der Waals surface area contributed by atoms with Crippen molar-refractivity contribution >= 4 is 11.8 Å². The highest BCUT2D eigenvalue weighted by atomic mass is 19.4. The largest absolute Gasteiger partial charge is 0.416 e. The summed E-state index contributed by atoms with van der Waals surface area (Å²) in [6.45, 7) is 0. The van der Waals surface area contributed by atoms with E-state index < -0.39 is 16.7 Å². The van der Waals surface area contributed by atoms with Crippen molar-refractivity contribution in [2.45, 2.75) is 6.18 Å². The molecule has 0 spiro atoms. The molecule has 7 heteroatoms. The fourth-order valence-corrected chi connectivity index (χ4v) is 1.30. The fraction of sp³-hybridized carbons (Fsp3) is 0.273. The first-order chi connectivity index (χ1) is 8.20. The van der Waals surface area contributed by atoms with Crippen LogP contribution in [0.25, 0.3) is 6.08 Å². The molecule has 1 aromatic carbocycles. The van der Waals surface area contributed by atoms with Gasteiger partial charge in [-0.25, -0.2) is 0 Å². The van der Waals surface area contributed by atoms with Crippen molar-refractivity contribution in [2.24, 2.45) is 0 Å². The summed E-state index contributed by atoms with van der Waals surface area (Å²) in [4.78, 5) is 10.9. The molecule has 0 aliphatic rings. The van der Waals surface area contributed by atoms with E-state index in [0.29, 0.717) is 11.9 Å². The van der Waals surface area contributed by atoms with Crippen molar-refractivity contribution in [3.05, 3.63) is 45.6 Å². The van der Waals surface area contributed by atoms with Crippen LogP contribution in [0.4, 0.5) is 18.9 Å². The second-order valence-electron chi connectivity index (χ2n) is 3.81. The molecule has 0 aliphatic carbocycles. The van der Waals surface area contributed by atoms with Gasteiger partial charge < -0.3 is 4.90 Å². The first kappa shape index (κ1) is 14.0. The molecule has 1 aromatic rings. The fourth-order valence-electron chi connectivity index (χ4n) is 1.30. The third-order valence-electron chi connectivity index (χ3n) is 2.17. The molecule has 0 saturated carbocycles. The molecule has 0 N–H and O–H groups in total. The van der Waals surface area contributed by atoms with Gasteiger partial charge in [0, 0.05) is 25.9 Å². The maximum Gasteiger partial charge on any atom is 0.416 e. The second kappa shape index (κ2) is 5.07. The second-order valence-corrected chi connectivity index (χ2v) is 3.81. The number of anilines is 1. The zero-order valence-corrected chi connectivity index (χ0v) is 9.73. The molecular weight excluding hydrogens is 249 g/mol. The van der Waals surface area contributed by atoms with Gasteiger partial charge in [-0.2, -0.15) is 13.2 Å². The predicted molar refractivity (Wildman–Crippen MR) is 61.8 cm³/mol. The molecule has 98 valence electrons. The van der Waals surface area contributed by atoms with Gasteiger partial charge in [0.15, 0.2) is 0 Å². The van der Waals surface area contributed by atoms with E-state index in [1.807, 2.05) is 0 Å². The van der Waals surface area contributed by atoms with Crippen LogP contribution < -0.4 is 4.90 Å². The Labute approximate surface area is 101 Å². The van der Waals surface area contributed by atoms with Crippen LogP contribution in [0.3, 0.4) is 0 Å². The number of benzene rings is 1. The Morgan fingerprint density at radius 1 is 1.28 bits per heavy atom. The number of nitrogens with zero attached hydrogens (tertiary/aromatic N) is 2. The van der Waals surface area contributed by atoms with Gasteiger partial charge in [-0.15, -0.1) is 0 Å². The van der Waals surface area contributed by atoms with Gasteiger partial charge in [-0.3, -0.25) is 10.1 Å². The first-order valence-electron chi connectivity index (χ1n) is 4.91. The van der Waals surface area contributed by atoms with Crippen LogP contribution in [0.1, 0.15) is 11.1 Å². The maximum atomic E-state index is 12.6. The molecule has 0 amide bonds. The van der Waals surface area contributed by atoms with Crippen molar-refractivity contribution in [2.75, 3.05) is 19.0 Å². The smallest absolute Gasteiger partial charge is 0.378 e. The minimum absolute atomic E-state index is 0.130. The number of hydrogen-bond donors (Lipinski definition) is 0. The Balaban J connectivity index is 3.27. The molecule has 0 heterocycles. The highest BCUT2D eigenvalue weighted by Crippen LogP contribution is 2.32. The van der Waals surface area contributed by atoms with Gasteiger partial charge in [0.25, 0.3) is 0 Å². The lowest BCUT2D eigenvalue weighted by molar-refractivity contribution is -0.400. The van der Waals surface area contributed by atoms with E-state index >= 15 is 0 Å². The molecule has 0 aromatic heterocycles. The summed E-state index contributed by atoms with van der Waals surface area (Å²) < 4.78 is 37.9. The van der Waals surface area contributed by atoms with Crippen LogP contribution in [0.15, 0.2) is 24.4 Å². The van der Waals surface area contributed by atoms with E-state index in [-0.39, 0.29) is 5.56 Å². The summed E-state index contributed by atoms with van der Waals surface area (Å²) in [6.07, 6.45) is -2.85. The molecule has 0 saturated heterocycles. The first-order valence-corrected chi connectivity index (χ1v) is 4.91. The number of alkyl halides is 3. The zero-order valence-electron chi connectivity index (χ0n) is 9.73. The number of halogens is 3. The Kier molecular flexibility index (Phi) is 3.95. The topological polar surface area (TPSA) is 46.4 Å². The van der Waals surface area contributed by atoms with E-state index in [1.165, 1.54) is 11.0 Å². The van der Waals surface area contributed by atoms with Gasteiger partial charge in [0.1, 0.15) is 0 Å². The van der Waals surface area contributed by atoms with Gasteiger partial charge in [0.2, 0.25) is 6.20 Å². The van der Waals surface area contributed by atoms with Gasteiger partial charge in [0.05, 0.1) is 10.5 Å². The minimum Gasteiger partial charge on any atom is -0.378 e. The van der Waals surface area contributed by atoms with Crippen molar-refractivity contribution in [1.29, 1.82) is 0 Å². The number of rotatable bonds is 3. The van der Waals surface area contributed by atoms with E-state index in [1.54, 1.807) is 14.1 Å². The SMILES string of the molecule is CN(C)c1cc(C=C[N+](=O)[O-])cc(C(F)(F)F)c1. The third-order valence-corrected chi connectivity index (χ3v) is 2.17. The average molecular weight is 260 g/mol. The monoisotopic (exact) mass is 260 g/mol. The van der Waals surface area contributed by atoms with Crippen LogP contribution >= 0.6 is 0 Å². The van der Waals surface area contributed by atoms with Crippen LogP contribution in [0.2, 0.25) is 0 Å². The maximum absolute atomic E-state index is 12.6. The van der Waals surface area contributed by atoms with Crippen LogP contribution in [-0.4, -0.2) is 19.0 Å². The highest BCUT2D eigenvalue weighted by Gasteiger charge is 2.31. The zero-order chi connectivity index (χ0) is 13.9. The molecule has 0 atom stereocenters. The van der Waals surface area contributed by atoms with E-state index in [9.17, 15) is 23.3 Å².